The van der Waals surface area contributed by atoms with Crippen LogP contribution in [0.25, 0.3) is 0 Å². The fraction of sp³-hybridized carbons (Fsp3) is 0.750. The largest absolute Gasteiger partial charge is 0.360 e. The number of nitrogens with zero attached hydrogens (tertiary/aromatic N) is 3. The SMILES string of the molecule is CC.CN1CCCn2nc(C3CC3)cc21. The van der Waals surface area contributed by atoms with Gasteiger partial charge >= 0.3 is 0 Å². The normalized spacial score (nSPS) is 19.3. The van der Waals surface area contributed by atoms with Gasteiger partial charge in [-0.15, -0.1) is 0 Å². The van der Waals surface area contributed by atoms with Crippen LogP contribution in [0.1, 0.15) is 44.7 Å². The minimum Gasteiger partial charge on any atom is -0.360 e. The monoisotopic (exact) mass is 207 g/mol. The average molecular weight is 207 g/mol. The molecule has 0 spiro atoms. The van der Waals surface area contributed by atoms with Crippen LogP contribution in [0.3, 0.4) is 0 Å². The number of anilines is 1. The highest BCUT2D eigenvalue weighted by Gasteiger charge is 2.28. The molecule has 0 N–H and O–H groups in total. The first-order chi connectivity index (χ1) is 7.34. The van der Waals surface area contributed by atoms with Crippen LogP contribution in [0.5, 0.6) is 0 Å². The molecule has 3 rings (SSSR count). The predicted molar refractivity (Wildman–Crippen MR) is 63.4 cm³/mol. The lowest BCUT2D eigenvalue weighted by atomic mass is 10.3. The van der Waals surface area contributed by atoms with Gasteiger partial charge in [-0.05, 0) is 19.3 Å². The zero-order chi connectivity index (χ0) is 10.8. The van der Waals surface area contributed by atoms with E-state index in [1.807, 2.05) is 13.8 Å². The molecule has 2 aliphatic rings. The first-order valence-corrected chi connectivity index (χ1v) is 6.13. The van der Waals surface area contributed by atoms with E-state index in [4.69, 9.17) is 0 Å². The lowest BCUT2D eigenvalue weighted by molar-refractivity contribution is 0.529. The average Bonchev–Trinajstić information content (AvgIpc) is 3.02. The lowest BCUT2D eigenvalue weighted by Gasteiger charge is -2.24. The van der Waals surface area contributed by atoms with Crippen LogP contribution >= 0.6 is 0 Å². The fourth-order valence-electron chi connectivity index (χ4n) is 2.05. The molecule has 1 fully saturated rings. The van der Waals surface area contributed by atoms with Gasteiger partial charge in [0.15, 0.2) is 0 Å². The summed E-state index contributed by atoms with van der Waals surface area (Å²) in [6.07, 6.45) is 3.93. The van der Waals surface area contributed by atoms with Crippen LogP contribution in [0.15, 0.2) is 6.07 Å². The van der Waals surface area contributed by atoms with Crippen molar-refractivity contribution in [3.05, 3.63) is 11.8 Å². The minimum atomic E-state index is 0.784. The molecule has 0 amide bonds. The molecule has 2 heterocycles. The van der Waals surface area contributed by atoms with Crippen LogP contribution in [0, 0.1) is 0 Å². The van der Waals surface area contributed by atoms with E-state index in [1.165, 1.54) is 37.3 Å². The first kappa shape index (κ1) is 10.5. The molecule has 0 atom stereocenters. The number of rotatable bonds is 1. The summed E-state index contributed by atoms with van der Waals surface area (Å²) in [6, 6.07) is 2.27. The molecule has 1 aliphatic carbocycles. The second kappa shape index (κ2) is 4.25. The third kappa shape index (κ3) is 2.01. The molecule has 0 unspecified atom stereocenters. The summed E-state index contributed by atoms with van der Waals surface area (Å²) in [5.74, 6) is 2.10. The summed E-state index contributed by atoms with van der Waals surface area (Å²) in [4.78, 5) is 2.31. The summed E-state index contributed by atoms with van der Waals surface area (Å²) in [6.45, 7) is 6.28. The molecule has 3 heteroatoms. The van der Waals surface area contributed by atoms with E-state index >= 15 is 0 Å². The van der Waals surface area contributed by atoms with Crippen LogP contribution in [0.4, 0.5) is 5.82 Å². The molecule has 15 heavy (non-hydrogen) atoms. The first-order valence-electron chi connectivity index (χ1n) is 6.13. The number of fused-ring (bicyclic) bond motifs is 1. The molecule has 84 valence electrons. The molecule has 3 nitrogen and oxygen atoms in total. The van der Waals surface area contributed by atoms with Gasteiger partial charge in [0.1, 0.15) is 5.82 Å². The number of aryl methyl sites for hydroxylation is 1. The smallest absolute Gasteiger partial charge is 0.126 e. The molecular formula is C12H21N3. The van der Waals surface area contributed by atoms with Crippen molar-refractivity contribution in [2.75, 3.05) is 18.5 Å². The summed E-state index contributed by atoms with van der Waals surface area (Å²) < 4.78 is 2.16. The third-order valence-corrected chi connectivity index (χ3v) is 3.03. The second-order valence-electron chi connectivity index (χ2n) is 4.20. The van der Waals surface area contributed by atoms with Crippen molar-refractivity contribution in [3.63, 3.8) is 0 Å². The van der Waals surface area contributed by atoms with Crippen LogP contribution in [-0.4, -0.2) is 23.4 Å². The van der Waals surface area contributed by atoms with Crippen molar-refractivity contribution in [1.29, 1.82) is 0 Å². The van der Waals surface area contributed by atoms with Gasteiger partial charge in [-0.1, -0.05) is 13.8 Å². The Morgan fingerprint density at radius 1 is 1.27 bits per heavy atom. The summed E-state index contributed by atoms with van der Waals surface area (Å²) >= 11 is 0. The van der Waals surface area contributed by atoms with Crippen molar-refractivity contribution in [2.24, 2.45) is 0 Å². The Morgan fingerprint density at radius 2 is 2.00 bits per heavy atom. The van der Waals surface area contributed by atoms with Crippen molar-refractivity contribution < 1.29 is 0 Å². The van der Waals surface area contributed by atoms with E-state index in [1.54, 1.807) is 0 Å². The Labute approximate surface area is 92.1 Å². The Bertz CT molecular complexity index is 326. The van der Waals surface area contributed by atoms with Gasteiger partial charge in [0.25, 0.3) is 0 Å². The van der Waals surface area contributed by atoms with Gasteiger partial charge in [0.2, 0.25) is 0 Å². The summed E-state index contributed by atoms with van der Waals surface area (Å²) in [5.41, 5.74) is 1.32. The maximum atomic E-state index is 4.64. The minimum absolute atomic E-state index is 0.784. The van der Waals surface area contributed by atoms with Crippen molar-refractivity contribution in [3.8, 4) is 0 Å². The summed E-state index contributed by atoms with van der Waals surface area (Å²) in [7, 11) is 2.16. The standard InChI is InChI=1S/C10H15N3.C2H6/c1-12-5-2-6-13-10(12)7-9(11-13)8-3-4-8;1-2/h7-8H,2-6H2,1H3;1-2H3. The maximum Gasteiger partial charge on any atom is 0.126 e. The van der Waals surface area contributed by atoms with E-state index < -0.39 is 0 Å². The van der Waals surface area contributed by atoms with Crippen molar-refractivity contribution >= 4 is 5.82 Å². The van der Waals surface area contributed by atoms with Gasteiger partial charge in [0, 0.05) is 32.1 Å². The molecule has 0 radical (unpaired) electrons. The second-order valence-corrected chi connectivity index (χ2v) is 4.20. The van der Waals surface area contributed by atoms with Crippen LogP contribution in [-0.2, 0) is 6.54 Å². The van der Waals surface area contributed by atoms with Crippen molar-refractivity contribution in [1.82, 2.24) is 9.78 Å². The Kier molecular flexibility index (Phi) is 2.98. The van der Waals surface area contributed by atoms with Gasteiger partial charge in [-0.3, -0.25) is 0 Å². The highest BCUT2D eigenvalue weighted by molar-refractivity contribution is 5.42. The lowest BCUT2D eigenvalue weighted by Crippen LogP contribution is -2.28. The molecule has 0 bridgehead atoms. The fourth-order valence-corrected chi connectivity index (χ4v) is 2.05. The number of hydrogen-bond donors (Lipinski definition) is 0. The molecule has 1 aliphatic heterocycles. The Morgan fingerprint density at radius 3 is 2.60 bits per heavy atom. The number of hydrogen-bond acceptors (Lipinski definition) is 2. The van der Waals surface area contributed by atoms with Crippen molar-refractivity contribution in [2.45, 2.75) is 45.6 Å². The third-order valence-electron chi connectivity index (χ3n) is 3.03. The molecule has 1 saturated carbocycles. The Hall–Kier alpha value is -0.990. The molecule has 1 aromatic rings. The van der Waals surface area contributed by atoms with Crippen LogP contribution in [0.2, 0.25) is 0 Å². The summed E-state index contributed by atoms with van der Waals surface area (Å²) in [5, 5.41) is 4.64. The topological polar surface area (TPSA) is 21.1 Å². The zero-order valence-electron chi connectivity index (χ0n) is 10.0. The Balaban J connectivity index is 0.000000404. The number of aromatic nitrogens is 2. The van der Waals surface area contributed by atoms with Gasteiger partial charge in [0.05, 0.1) is 5.69 Å². The van der Waals surface area contributed by atoms with E-state index in [2.05, 4.69) is 27.8 Å². The van der Waals surface area contributed by atoms with Gasteiger partial charge in [-0.2, -0.15) is 5.10 Å². The van der Waals surface area contributed by atoms with E-state index in [-0.39, 0.29) is 0 Å². The zero-order valence-corrected chi connectivity index (χ0v) is 10.0. The molecule has 0 aromatic carbocycles. The van der Waals surface area contributed by atoms with Crippen LogP contribution < -0.4 is 4.90 Å². The quantitative estimate of drug-likeness (QED) is 0.706. The molecule has 0 saturated heterocycles. The molecular weight excluding hydrogens is 186 g/mol. The predicted octanol–water partition coefficient (Wildman–Crippen LogP) is 2.63. The van der Waals surface area contributed by atoms with Gasteiger partial charge < -0.3 is 4.90 Å². The highest BCUT2D eigenvalue weighted by atomic mass is 15.4. The van der Waals surface area contributed by atoms with E-state index in [0.717, 1.165) is 12.5 Å². The van der Waals surface area contributed by atoms with Gasteiger partial charge in [-0.25, -0.2) is 4.68 Å². The molecule has 1 aromatic heterocycles. The maximum absolute atomic E-state index is 4.64. The highest BCUT2D eigenvalue weighted by Crippen LogP contribution is 2.40. The van der Waals surface area contributed by atoms with E-state index in [0.29, 0.717) is 0 Å². The van der Waals surface area contributed by atoms with E-state index in [9.17, 15) is 0 Å².